The molecule has 1 aliphatic heterocycles. The maximum Gasteiger partial charge on any atom is 0.410 e. The lowest BCUT2D eigenvalue weighted by atomic mass is 10.1. The summed E-state index contributed by atoms with van der Waals surface area (Å²) >= 11 is 0. The van der Waals surface area contributed by atoms with Gasteiger partial charge in [0.15, 0.2) is 0 Å². The second kappa shape index (κ2) is 7.75. The van der Waals surface area contributed by atoms with Gasteiger partial charge in [0, 0.05) is 45.1 Å². The third kappa shape index (κ3) is 5.80. The molecule has 6 heteroatoms. The summed E-state index contributed by atoms with van der Waals surface area (Å²) in [5.41, 5.74) is 0.440. The first kappa shape index (κ1) is 17.7. The van der Waals surface area contributed by atoms with E-state index < -0.39 is 11.7 Å². The predicted molar refractivity (Wildman–Crippen MR) is 88.1 cm³/mol. The summed E-state index contributed by atoms with van der Waals surface area (Å²) in [5.74, 6) is 0. The quantitative estimate of drug-likeness (QED) is 0.919. The molecule has 0 spiro atoms. The third-order valence-electron chi connectivity index (χ3n) is 3.83. The second-order valence-electron chi connectivity index (χ2n) is 6.89. The van der Waals surface area contributed by atoms with Crippen molar-refractivity contribution in [2.75, 3.05) is 32.7 Å². The minimum atomic E-state index is -0.470. The number of hydrogen-bond acceptors (Lipinski definition) is 5. The number of ether oxygens (including phenoxy) is 1. The Bertz CT molecular complexity index is 494. The van der Waals surface area contributed by atoms with Crippen molar-refractivity contribution in [2.45, 2.75) is 38.9 Å². The van der Waals surface area contributed by atoms with E-state index in [-0.39, 0.29) is 6.09 Å². The predicted octanol–water partition coefficient (Wildman–Crippen LogP) is 2.06. The normalized spacial score (nSPS) is 17.8. The fourth-order valence-electron chi connectivity index (χ4n) is 2.54. The van der Waals surface area contributed by atoms with E-state index in [1.807, 2.05) is 32.9 Å². The van der Waals surface area contributed by atoms with E-state index in [2.05, 4.69) is 9.88 Å². The number of nitrogens with zero attached hydrogens (tertiary/aromatic N) is 3. The first-order valence-electron chi connectivity index (χ1n) is 8.13. The monoisotopic (exact) mass is 321 g/mol. The smallest absolute Gasteiger partial charge is 0.410 e. The Morgan fingerprint density at radius 1 is 1.26 bits per heavy atom. The average molecular weight is 321 g/mol. The van der Waals surface area contributed by atoms with Crippen molar-refractivity contribution in [2.24, 2.45) is 0 Å². The molecule has 6 nitrogen and oxygen atoms in total. The number of carbonyl (C=O) groups excluding carboxylic acids is 1. The first-order chi connectivity index (χ1) is 10.8. The molecule has 0 radical (unpaired) electrons. The Hall–Kier alpha value is -1.66. The lowest BCUT2D eigenvalue weighted by Gasteiger charge is -2.35. The van der Waals surface area contributed by atoms with Crippen molar-refractivity contribution < 1.29 is 14.6 Å². The molecule has 0 aromatic carbocycles. The number of amides is 1. The number of pyridine rings is 1. The highest BCUT2D eigenvalue weighted by Gasteiger charge is 2.25. The van der Waals surface area contributed by atoms with Crippen LogP contribution in [0.1, 0.15) is 38.9 Å². The molecule has 1 atom stereocenters. The molecule has 1 unspecified atom stereocenters. The summed E-state index contributed by atoms with van der Waals surface area (Å²) < 4.78 is 5.39. The average Bonchev–Trinajstić information content (AvgIpc) is 2.52. The van der Waals surface area contributed by atoms with Crippen molar-refractivity contribution in [1.82, 2.24) is 14.8 Å². The molecule has 0 saturated carbocycles. The Labute approximate surface area is 138 Å². The van der Waals surface area contributed by atoms with Gasteiger partial charge in [-0.2, -0.15) is 0 Å². The van der Waals surface area contributed by atoms with E-state index in [9.17, 15) is 9.90 Å². The molecular formula is C17H27N3O3. The molecule has 1 aliphatic rings. The van der Waals surface area contributed by atoms with Crippen LogP contribution in [0.15, 0.2) is 24.5 Å². The molecule has 0 aliphatic carbocycles. The number of carbonyl (C=O) groups is 1. The minimum absolute atomic E-state index is 0.242. The molecular weight excluding hydrogens is 294 g/mol. The summed E-state index contributed by atoms with van der Waals surface area (Å²) in [6.07, 6.45) is 3.35. The minimum Gasteiger partial charge on any atom is -0.444 e. The highest BCUT2D eigenvalue weighted by Crippen LogP contribution is 2.17. The van der Waals surface area contributed by atoms with Crippen molar-refractivity contribution in [3.8, 4) is 0 Å². The van der Waals surface area contributed by atoms with Crippen LogP contribution in [0.2, 0.25) is 0 Å². The molecule has 1 saturated heterocycles. The number of piperazine rings is 1. The van der Waals surface area contributed by atoms with Gasteiger partial charge < -0.3 is 14.7 Å². The lowest BCUT2D eigenvalue weighted by Crippen LogP contribution is -2.50. The molecule has 0 bridgehead atoms. The number of hydrogen-bond donors (Lipinski definition) is 1. The molecule has 1 fully saturated rings. The van der Waals surface area contributed by atoms with Gasteiger partial charge in [-0.1, -0.05) is 0 Å². The Morgan fingerprint density at radius 2 is 1.87 bits per heavy atom. The van der Waals surface area contributed by atoms with E-state index in [1.165, 1.54) is 0 Å². The molecule has 1 aromatic rings. The molecule has 1 N–H and O–H groups in total. The van der Waals surface area contributed by atoms with Crippen LogP contribution >= 0.6 is 0 Å². The molecule has 1 aromatic heterocycles. The van der Waals surface area contributed by atoms with Gasteiger partial charge >= 0.3 is 6.09 Å². The van der Waals surface area contributed by atoms with Crippen LogP contribution in [0, 0.1) is 0 Å². The second-order valence-corrected chi connectivity index (χ2v) is 6.89. The number of aromatic nitrogens is 1. The number of aliphatic hydroxyl groups is 1. The highest BCUT2D eigenvalue weighted by atomic mass is 16.6. The van der Waals surface area contributed by atoms with E-state index in [0.717, 1.165) is 25.2 Å². The topological polar surface area (TPSA) is 65.9 Å². The zero-order chi connectivity index (χ0) is 16.9. The Balaban J connectivity index is 1.72. The Kier molecular flexibility index (Phi) is 5.96. The standard InChI is InChI=1S/C17H27N3O3/c1-17(2,3)23-16(22)20-12-10-19(11-13-20)9-6-15(21)14-4-7-18-8-5-14/h4-5,7-8,15,21H,6,9-13H2,1-3H3. The maximum atomic E-state index is 12.0. The van der Waals surface area contributed by atoms with Crippen LogP contribution in [-0.2, 0) is 4.74 Å². The summed E-state index contributed by atoms with van der Waals surface area (Å²) in [4.78, 5) is 20.0. The van der Waals surface area contributed by atoms with E-state index in [4.69, 9.17) is 4.74 Å². The molecule has 2 rings (SSSR count). The van der Waals surface area contributed by atoms with E-state index in [0.29, 0.717) is 19.5 Å². The lowest BCUT2D eigenvalue weighted by molar-refractivity contribution is 0.0132. The van der Waals surface area contributed by atoms with Crippen molar-refractivity contribution in [3.63, 3.8) is 0 Å². The van der Waals surface area contributed by atoms with Crippen molar-refractivity contribution in [1.29, 1.82) is 0 Å². The number of aliphatic hydroxyl groups excluding tert-OH is 1. The van der Waals surface area contributed by atoms with Gasteiger partial charge in [0.25, 0.3) is 0 Å². The summed E-state index contributed by atoms with van der Waals surface area (Å²) in [6.45, 7) is 9.39. The number of rotatable bonds is 4. The highest BCUT2D eigenvalue weighted by molar-refractivity contribution is 5.68. The van der Waals surface area contributed by atoms with Crippen LogP contribution in [0.4, 0.5) is 4.79 Å². The van der Waals surface area contributed by atoms with Crippen LogP contribution in [0.5, 0.6) is 0 Å². The van der Waals surface area contributed by atoms with Crippen LogP contribution in [-0.4, -0.2) is 64.3 Å². The van der Waals surface area contributed by atoms with Crippen LogP contribution < -0.4 is 0 Å². The largest absolute Gasteiger partial charge is 0.444 e. The molecule has 23 heavy (non-hydrogen) atoms. The third-order valence-corrected chi connectivity index (χ3v) is 3.83. The SMILES string of the molecule is CC(C)(C)OC(=O)N1CCN(CCC(O)c2ccncc2)CC1. The molecule has 2 heterocycles. The summed E-state index contributed by atoms with van der Waals surface area (Å²) in [7, 11) is 0. The fourth-order valence-corrected chi connectivity index (χ4v) is 2.54. The van der Waals surface area contributed by atoms with Gasteiger partial charge in [-0.05, 0) is 44.9 Å². The van der Waals surface area contributed by atoms with Gasteiger partial charge in [-0.3, -0.25) is 9.88 Å². The van der Waals surface area contributed by atoms with Gasteiger partial charge in [-0.25, -0.2) is 4.79 Å². The van der Waals surface area contributed by atoms with Crippen LogP contribution in [0.25, 0.3) is 0 Å². The molecule has 1 amide bonds. The van der Waals surface area contributed by atoms with Gasteiger partial charge in [-0.15, -0.1) is 0 Å². The van der Waals surface area contributed by atoms with Crippen molar-refractivity contribution in [3.05, 3.63) is 30.1 Å². The van der Waals surface area contributed by atoms with Crippen molar-refractivity contribution >= 4 is 6.09 Å². The van der Waals surface area contributed by atoms with Gasteiger partial charge in [0.05, 0.1) is 6.10 Å². The van der Waals surface area contributed by atoms with E-state index >= 15 is 0 Å². The fraction of sp³-hybridized carbons (Fsp3) is 0.647. The first-order valence-corrected chi connectivity index (χ1v) is 8.13. The summed E-state index contributed by atoms with van der Waals surface area (Å²) in [5, 5.41) is 10.2. The maximum absolute atomic E-state index is 12.0. The Morgan fingerprint density at radius 3 is 2.43 bits per heavy atom. The van der Waals surface area contributed by atoms with E-state index in [1.54, 1.807) is 17.3 Å². The zero-order valence-corrected chi connectivity index (χ0v) is 14.2. The zero-order valence-electron chi connectivity index (χ0n) is 14.2. The van der Waals surface area contributed by atoms with Gasteiger partial charge in [0.2, 0.25) is 0 Å². The summed E-state index contributed by atoms with van der Waals surface area (Å²) in [6, 6.07) is 3.68. The van der Waals surface area contributed by atoms with Gasteiger partial charge in [0.1, 0.15) is 5.60 Å². The molecule has 128 valence electrons. The van der Waals surface area contributed by atoms with Crippen LogP contribution in [0.3, 0.4) is 0 Å².